The molecule has 1 aliphatic heterocycles. The number of amides is 1. The number of nitrogens with one attached hydrogen (secondary N) is 1. The Balaban J connectivity index is 0.00000338. The van der Waals surface area contributed by atoms with Gasteiger partial charge in [0.05, 0.1) is 5.69 Å². The highest BCUT2D eigenvalue weighted by molar-refractivity contribution is 7.99. The van der Waals surface area contributed by atoms with E-state index in [2.05, 4.69) is 46.3 Å². The maximum Gasteiger partial charge on any atom is 0.253 e. The van der Waals surface area contributed by atoms with Crippen LogP contribution in [-0.4, -0.2) is 60.7 Å². The molecule has 1 heterocycles. The van der Waals surface area contributed by atoms with Crippen LogP contribution in [0.4, 0.5) is 5.69 Å². The molecule has 4 nitrogen and oxygen atoms in total. The van der Waals surface area contributed by atoms with Crippen LogP contribution < -0.4 is 10.2 Å². The van der Waals surface area contributed by atoms with Crippen LogP contribution in [-0.2, 0) is 4.79 Å². The Morgan fingerprint density at radius 3 is 2.58 bits per heavy atom. The molecule has 8 heteroatoms. The van der Waals surface area contributed by atoms with E-state index in [1.807, 2.05) is 11.8 Å². The van der Waals surface area contributed by atoms with Gasteiger partial charge in [-0.15, -0.1) is 24.2 Å². The SMILES string of the molecule is CCCSc1ccccc1N1CCN(CCCNC(=O)C(Cl)Cl)CC1.Cl. The molecule has 1 N–H and O–H groups in total. The molecule has 0 spiro atoms. The van der Waals surface area contributed by atoms with Gasteiger partial charge >= 0.3 is 0 Å². The minimum absolute atomic E-state index is 0. The van der Waals surface area contributed by atoms with Crippen LogP contribution in [0.1, 0.15) is 19.8 Å². The van der Waals surface area contributed by atoms with Gasteiger partial charge in [0.25, 0.3) is 5.91 Å². The van der Waals surface area contributed by atoms with E-state index in [9.17, 15) is 4.79 Å². The first-order valence-corrected chi connectivity index (χ1v) is 10.7. The van der Waals surface area contributed by atoms with Crippen molar-refractivity contribution in [2.75, 3.05) is 49.9 Å². The topological polar surface area (TPSA) is 35.6 Å². The predicted octanol–water partition coefficient (Wildman–Crippen LogP) is 4.04. The number of hydrogen-bond donors (Lipinski definition) is 1. The van der Waals surface area contributed by atoms with Crippen molar-refractivity contribution in [1.82, 2.24) is 10.2 Å². The van der Waals surface area contributed by atoms with Crippen molar-refractivity contribution in [3.63, 3.8) is 0 Å². The van der Waals surface area contributed by atoms with E-state index in [1.54, 1.807) is 0 Å². The third kappa shape index (κ3) is 7.73. The molecule has 1 fully saturated rings. The summed E-state index contributed by atoms with van der Waals surface area (Å²) in [6.07, 6.45) is 2.10. The minimum atomic E-state index is -0.978. The molecule has 0 radical (unpaired) electrons. The van der Waals surface area contributed by atoms with Crippen LogP contribution in [0, 0.1) is 0 Å². The zero-order valence-electron chi connectivity index (χ0n) is 15.1. The molecular formula is C18H28Cl3N3OS. The quantitative estimate of drug-likeness (QED) is 0.357. The van der Waals surface area contributed by atoms with Crippen molar-refractivity contribution in [2.45, 2.75) is 29.5 Å². The lowest BCUT2D eigenvalue weighted by atomic mass is 10.2. The molecule has 148 valence electrons. The zero-order valence-corrected chi connectivity index (χ0v) is 18.3. The summed E-state index contributed by atoms with van der Waals surface area (Å²) in [6.45, 7) is 8.00. The van der Waals surface area contributed by atoms with Gasteiger partial charge in [-0.05, 0) is 37.3 Å². The Hall–Kier alpha value is -0.330. The molecule has 1 saturated heterocycles. The van der Waals surface area contributed by atoms with Gasteiger partial charge in [-0.2, -0.15) is 0 Å². The Morgan fingerprint density at radius 2 is 1.92 bits per heavy atom. The number of carbonyl (C=O) groups excluding carboxylic acids is 1. The lowest BCUT2D eigenvalue weighted by Gasteiger charge is -2.37. The number of carbonyl (C=O) groups is 1. The lowest BCUT2D eigenvalue weighted by molar-refractivity contribution is -0.119. The fraction of sp³-hybridized carbons (Fsp3) is 0.611. The number of halogens is 3. The highest BCUT2D eigenvalue weighted by Gasteiger charge is 2.19. The summed E-state index contributed by atoms with van der Waals surface area (Å²) in [5, 5.41) is 2.74. The van der Waals surface area contributed by atoms with E-state index >= 15 is 0 Å². The second kappa shape index (κ2) is 12.9. The van der Waals surface area contributed by atoms with Gasteiger partial charge in [0, 0.05) is 37.6 Å². The molecule has 0 bridgehead atoms. The zero-order chi connectivity index (χ0) is 18.1. The van der Waals surface area contributed by atoms with E-state index < -0.39 is 4.84 Å². The Kier molecular flexibility index (Phi) is 11.8. The maximum absolute atomic E-state index is 11.3. The summed E-state index contributed by atoms with van der Waals surface area (Å²) >= 11 is 13.0. The molecule has 1 amide bonds. The molecule has 0 saturated carbocycles. The highest BCUT2D eigenvalue weighted by Crippen LogP contribution is 2.31. The fourth-order valence-corrected chi connectivity index (χ4v) is 3.95. The van der Waals surface area contributed by atoms with Gasteiger partial charge in [0.1, 0.15) is 0 Å². The first-order valence-electron chi connectivity index (χ1n) is 8.86. The average molecular weight is 441 g/mol. The van der Waals surface area contributed by atoms with Crippen LogP contribution in [0.25, 0.3) is 0 Å². The second-order valence-corrected chi connectivity index (χ2v) is 8.32. The van der Waals surface area contributed by atoms with Crippen LogP contribution in [0.15, 0.2) is 29.2 Å². The third-order valence-corrected chi connectivity index (χ3v) is 5.85. The first kappa shape index (κ1) is 23.7. The lowest BCUT2D eigenvalue weighted by Crippen LogP contribution is -2.47. The molecule has 0 unspecified atom stereocenters. The van der Waals surface area contributed by atoms with Gasteiger partial charge in [-0.3, -0.25) is 9.69 Å². The summed E-state index contributed by atoms with van der Waals surface area (Å²) in [5.74, 6) is 0.850. The summed E-state index contributed by atoms with van der Waals surface area (Å²) < 4.78 is 0. The maximum atomic E-state index is 11.3. The number of piperazine rings is 1. The molecule has 2 rings (SSSR count). The van der Waals surface area contributed by atoms with Crippen molar-refractivity contribution in [3.05, 3.63) is 24.3 Å². The largest absolute Gasteiger partial charge is 0.368 e. The average Bonchev–Trinajstić information content (AvgIpc) is 2.64. The Labute approximate surface area is 177 Å². The van der Waals surface area contributed by atoms with Crippen LogP contribution in [0.3, 0.4) is 0 Å². The standard InChI is InChI=1S/C18H27Cl2N3OS.ClH/c1-2-14-25-16-7-4-3-6-15(16)23-12-10-22(11-13-23)9-5-8-21-18(24)17(19)20;/h3-4,6-7,17H,2,5,8-14H2,1H3,(H,21,24);1H. The van der Waals surface area contributed by atoms with Crippen molar-refractivity contribution in [3.8, 4) is 0 Å². The van der Waals surface area contributed by atoms with E-state index in [-0.39, 0.29) is 18.3 Å². The normalized spacial score (nSPS) is 15.0. The molecule has 0 aliphatic carbocycles. The first-order chi connectivity index (χ1) is 12.1. The van der Waals surface area contributed by atoms with Gasteiger partial charge in [0.15, 0.2) is 4.84 Å². The van der Waals surface area contributed by atoms with Crippen molar-refractivity contribution >= 4 is 59.0 Å². The molecule has 0 aromatic heterocycles. The molecule has 1 aromatic rings. The van der Waals surface area contributed by atoms with Gasteiger partial charge in [-0.1, -0.05) is 42.3 Å². The molecule has 0 atom stereocenters. The van der Waals surface area contributed by atoms with Crippen LogP contribution in [0.2, 0.25) is 0 Å². The van der Waals surface area contributed by atoms with E-state index in [4.69, 9.17) is 23.2 Å². The van der Waals surface area contributed by atoms with E-state index in [0.717, 1.165) is 44.9 Å². The molecule has 1 aromatic carbocycles. The minimum Gasteiger partial charge on any atom is -0.368 e. The number of thioether (sulfide) groups is 1. The van der Waals surface area contributed by atoms with E-state index in [1.165, 1.54) is 17.0 Å². The fourth-order valence-electron chi connectivity index (χ4n) is 2.86. The van der Waals surface area contributed by atoms with E-state index in [0.29, 0.717) is 6.54 Å². The number of hydrogen-bond acceptors (Lipinski definition) is 4. The van der Waals surface area contributed by atoms with Crippen molar-refractivity contribution in [2.24, 2.45) is 0 Å². The van der Waals surface area contributed by atoms with Gasteiger partial charge in [0.2, 0.25) is 0 Å². The van der Waals surface area contributed by atoms with Crippen molar-refractivity contribution in [1.29, 1.82) is 0 Å². The van der Waals surface area contributed by atoms with Gasteiger partial charge < -0.3 is 10.2 Å². The summed E-state index contributed by atoms with van der Waals surface area (Å²) in [5.41, 5.74) is 1.36. The predicted molar refractivity (Wildman–Crippen MR) is 116 cm³/mol. The monoisotopic (exact) mass is 439 g/mol. The van der Waals surface area contributed by atoms with Crippen molar-refractivity contribution < 1.29 is 4.79 Å². The second-order valence-electron chi connectivity index (χ2n) is 6.09. The summed E-state index contributed by atoms with van der Waals surface area (Å²) in [4.78, 5) is 16.6. The number of rotatable bonds is 9. The smallest absolute Gasteiger partial charge is 0.253 e. The van der Waals surface area contributed by atoms with Gasteiger partial charge in [-0.25, -0.2) is 0 Å². The number of benzene rings is 1. The summed E-state index contributed by atoms with van der Waals surface area (Å²) in [6, 6.07) is 8.71. The van der Waals surface area contributed by atoms with Crippen LogP contribution in [0.5, 0.6) is 0 Å². The third-order valence-electron chi connectivity index (χ3n) is 4.19. The number of para-hydroxylation sites is 1. The summed E-state index contributed by atoms with van der Waals surface area (Å²) in [7, 11) is 0. The number of anilines is 1. The number of alkyl halides is 2. The molecule has 1 aliphatic rings. The molecular weight excluding hydrogens is 413 g/mol. The Morgan fingerprint density at radius 1 is 1.23 bits per heavy atom. The number of nitrogens with zero attached hydrogens (tertiary/aromatic N) is 2. The molecule has 26 heavy (non-hydrogen) atoms. The highest BCUT2D eigenvalue weighted by atomic mass is 35.5. The Bertz CT molecular complexity index is 540. The van der Waals surface area contributed by atoms with Crippen LogP contribution >= 0.6 is 47.4 Å².